The molecule has 30 heavy (non-hydrogen) atoms. The number of rotatable bonds is 11. The van der Waals surface area contributed by atoms with Gasteiger partial charge in [-0.15, -0.1) is 0 Å². The average Bonchev–Trinajstić information content (AvgIpc) is 2.67. The third kappa shape index (κ3) is 7.12. The van der Waals surface area contributed by atoms with Gasteiger partial charge in [-0.2, -0.15) is 4.72 Å². The number of benzene rings is 1. The Bertz CT molecular complexity index is 928. The molecular weight excluding hydrogens is 416 g/mol. The molecule has 1 rings (SSSR count). The summed E-state index contributed by atoms with van der Waals surface area (Å²) in [5.41, 5.74) is 0.596. The average molecular weight is 442 g/mol. The number of nitrogens with one attached hydrogen (secondary N) is 1. The van der Waals surface area contributed by atoms with Crippen LogP contribution in [0.4, 0.5) is 11.4 Å². The number of nitro benzene ring substituents is 1. The van der Waals surface area contributed by atoms with E-state index in [0.29, 0.717) is 13.1 Å². The highest BCUT2D eigenvalue weighted by Gasteiger charge is 2.23. The summed E-state index contributed by atoms with van der Waals surface area (Å²) in [6, 6.07) is 3.39. The molecule has 1 amide bonds. The first-order chi connectivity index (χ1) is 13.9. The molecule has 1 N–H and O–H groups in total. The fourth-order valence-corrected chi connectivity index (χ4v) is 3.41. The number of nitro groups is 1. The summed E-state index contributed by atoms with van der Waals surface area (Å²) in [7, 11) is -1.04. The third-order valence-electron chi connectivity index (χ3n) is 3.89. The molecule has 0 aromatic heterocycles. The number of ether oxygens (including phenoxy) is 1. The predicted octanol–water partition coefficient (Wildman–Crippen LogP) is 0.907. The Labute approximate surface area is 175 Å². The van der Waals surface area contributed by atoms with Gasteiger partial charge < -0.3 is 14.5 Å². The molecule has 0 bridgehead atoms. The van der Waals surface area contributed by atoms with Gasteiger partial charge in [-0.3, -0.25) is 19.7 Å². The normalized spacial score (nSPS) is 10.9. The van der Waals surface area contributed by atoms with Crippen LogP contribution in [0, 0.1) is 10.1 Å². The summed E-state index contributed by atoms with van der Waals surface area (Å²) in [5.74, 6) is -1.40. The number of amides is 1. The first-order valence-corrected chi connectivity index (χ1v) is 10.4. The molecule has 0 aliphatic carbocycles. The fourth-order valence-electron chi connectivity index (χ4n) is 2.42. The second-order valence-corrected chi connectivity index (χ2v) is 8.42. The number of hydrogen-bond donors (Lipinski definition) is 1. The maximum absolute atomic E-state index is 12.4. The number of hydrogen-bond acceptors (Lipinski definition) is 8. The van der Waals surface area contributed by atoms with Crippen LogP contribution in [0.15, 0.2) is 35.2 Å². The summed E-state index contributed by atoms with van der Waals surface area (Å²) < 4.78 is 31.6. The van der Waals surface area contributed by atoms with Crippen LogP contribution < -0.4 is 9.62 Å². The van der Waals surface area contributed by atoms with E-state index < -0.39 is 45.7 Å². The van der Waals surface area contributed by atoms with Gasteiger partial charge in [0.25, 0.3) is 11.6 Å². The highest BCUT2D eigenvalue weighted by atomic mass is 32.2. The van der Waals surface area contributed by atoms with Crippen LogP contribution in [0.5, 0.6) is 0 Å². The maximum atomic E-state index is 12.4. The van der Waals surface area contributed by atoms with Gasteiger partial charge in [-0.05, 0) is 26.0 Å². The highest BCUT2D eigenvalue weighted by Crippen LogP contribution is 2.29. The van der Waals surface area contributed by atoms with E-state index >= 15 is 0 Å². The van der Waals surface area contributed by atoms with Crippen molar-refractivity contribution >= 4 is 33.3 Å². The van der Waals surface area contributed by atoms with Crippen molar-refractivity contribution in [3.63, 3.8) is 0 Å². The van der Waals surface area contributed by atoms with Gasteiger partial charge in [0.2, 0.25) is 10.0 Å². The molecule has 12 heteroatoms. The Morgan fingerprint density at radius 2 is 1.93 bits per heavy atom. The Morgan fingerprint density at radius 3 is 2.43 bits per heavy atom. The number of likely N-dealkylation sites (N-methyl/N-ethyl adjacent to an activating group) is 1. The van der Waals surface area contributed by atoms with E-state index in [0.717, 1.165) is 11.6 Å². The minimum absolute atomic E-state index is 0.229. The van der Waals surface area contributed by atoms with Crippen molar-refractivity contribution in [3.8, 4) is 0 Å². The van der Waals surface area contributed by atoms with Gasteiger partial charge >= 0.3 is 5.97 Å². The first-order valence-electron chi connectivity index (χ1n) is 8.92. The lowest BCUT2D eigenvalue weighted by Crippen LogP contribution is -2.37. The third-order valence-corrected chi connectivity index (χ3v) is 5.29. The molecule has 0 saturated carbocycles. The topological polar surface area (TPSA) is 139 Å². The Kier molecular flexibility index (Phi) is 8.93. The molecule has 1 aromatic rings. The molecule has 0 unspecified atom stereocenters. The van der Waals surface area contributed by atoms with E-state index in [2.05, 4.69) is 6.58 Å². The molecule has 0 heterocycles. The molecule has 1 aromatic carbocycles. The molecule has 11 nitrogen and oxygen atoms in total. The van der Waals surface area contributed by atoms with Crippen LogP contribution in [-0.4, -0.2) is 70.5 Å². The second kappa shape index (κ2) is 10.7. The van der Waals surface area contributed by atoms with Gasteiger partial charge in [0.05, 0.1) is 9.82 Å². The van der Waals surface area contributed by atoms with E-state index in [4.69, 9.17) is 4.74 Å². The summed E-state index contributed by atoms with van der Waals surface area (Å²) in [6.07, 6.45) is 0. The molecule has 0 spiro atoms. The number of esters is 1. The van der Waals surface area contributed by atoms with Crippen LogP contribution in [0.3, 0.4) is 0 Å². The van der Waals surface area contributed by atoms with Crippen molar-refractivity contribution in [2.75, 3.05) is 45.2 Å². The van der Waals surface area contributed by atoms with Gasteiger partial charge in [0, 0.05) is 33.3 Å². The predicted molar refractivity (Wildman–Crippen MR) is 111 cm³/mol. The van der Waals surface area contributed by atoms with Gasteiger partial charge in [0.1, 0.15) is 12.2 Å². The van der Waals surface area contributed by atoms with Crippen molar-refractivity contribution in [3.05, 3.63) is 40.5 Å². The summed E-state index contributed by atoms with van der Waals surface area (Å²) in [5, 5.41) is 11.2. The monoisotopic (exact) mass is 442 g/mol. The number of carbonyl (C=O) groups excluding carboxylic acids is 2. The lowest BCUT2D eigenvalue weighted by molar-refractivity contribution is -0.384. The smallest absolute Gasteiger partial charge is 0.321 e. The SMILES string of the molecule is C=C(C)CN(CC)C(=O)COC(=O)CNS(=O)(=O)c1ccc(N(C)C)c([N+](=O)[O-])c1. The Morgan fingerprint density at radius 1 is 1.30 bits per heavy atom. The summed E-state index contributed by atoms with van der Waals surface area (Å²) >= 11 is 0. The van der Waals surface area contributed by atoms with E-state index in [-0.39, 0.29) is 10.6 Å². The maximum Gasteiger partial charge on any atom is 0.321 e. The van der Waals surface area contributed by atoms with Gasteiger partial charge in [0.15, 0.2) is 6.61 Å². The lowest BCUT2D eigenvalue weighted by atomic mass is 10.2. The van der Waals surface area contributed by atoms with Crippen LogP contribution in [0.2, 0.25) is 0 Å². The van der Waals surface area contributed by atoms with Crippen LogP contribution >= 0.6 is 0 Å². The minimum atomic E-state index is -4.21. The molecule has 166 valence electrons. The number of sulfonamides is 1. The van der Waals surface area contributed by atoms with Crippen LogP contribution in [0.1, 0.15) is 13.8 Å². The van der Waals surface area contributed by atoms with Crippen LogP contribution in [-0.2, 0) is 24.3 Å². The zero-order valence-corrected chi connectivity index (χ0v) is 18.2. The number of nitrogens with zero attached hydrogens (tertiary/aromatic N) is 3. The summed E-state index contributed by atoms with van der Waals surface area (Å²) in [4.78, 5) is 36.9. The quantitative estimate of drug-likeness (QED) is 0.231. The van der Waals surface area contributed by atoms with E-state index in [1.165, 1.54) is 21.9 Å². The molecule has 0 aliphatic rings. The zero-order valence-electron chi connectivity index (χ0n) is 17.4. The molecular formula is C18H26N4O7S. The summed E-state index contributed by atoms with van der Waals surface area (Å²) in [6.45, 7) is 6.69. The fraction of sp³-hybridized carbons (Fsp3) is 0.444. The Balaban J connectivity index is 2.76. The minimum Gasteiger partial charge on any atom is -0.455 e. The second-order valence-electron chi connectivity index (χ2n) is 6.65. The number of anilines is 1. The van der Waals surface area contributed by atoms with Gasteiger partial charge in [-0.1, -0.05) is 12.2 Å². The van der Waals surface area contributed by atoms with Crippen molar-refractivity contribution in [1.82, 2.24) is 9.62 Å². The standard InChI is InChI=1S/C18H26N4O7S/c1-6-21(11-13(2)3)17(23)12-29-18(24)10-19-30(27,28)14-7-8-15(20(4)5)16(9-14)22(25)26/h7-9,19H,2,6,10-12H2,1,3-5H3. The van der Waals surface area contributed by atoms with E-state index in [1.54, 1.807) is 27.9 Å². The highest BCUT2D eigenvalue weighted by molar-refractivity contribution is 7.89. The van der Waals surface area contributed by atoms with Crippen molar-refractivity contribution < 1.29 is 27.7 Å². The largest absolute Gasteiger partial charge is 0.455 e. The molecule has 0 aliphatic heterocycles. The zero-order chi connectivity index (χ0) is 23.1. The molecule has 0 atom stereocenters. The van der Waals surface area contributed by atoms with Gasteiger partial charge in [-0.25, -0.2) is 8.42 Å². The number of carbonyl (C=O) groups is 2. The molecule has 0 fully saturated rings. The Hall–Kier alpha value is -2.99. The van der Waals surface area contributed by atoms with Crippen molar-refractivity contribution in [2.24, 2.45) is 0 Å². The van der Waals surface area contributed by atoms with E-state index in [1.807, 2.05) is 4.72 Å². The van der Waals surface area contributed by atoms with Crippen molar-refractivity contribution in [2.45, 2.75) is 18.7 Å². The van der Waals surface area contributed by atoms with Crippen molar-refractivity contribution in [1.29, 1.82) is 0 Å². The first kappa shape index (κ1) is 25.0. The molecule has 0 radical (unpaired) electrons. The van der Waals surface area contributed by atoms with E-state index in [9.17, 15) is 28.1 Å². The molecule has 0 saturated heterocycles. The van der Waals surface area contributed by atoms with Crippen LogP contribution in [0.25, 0.3) is 0 Å². The lowest BCUT2D eigenvalue weighted by Gasteiger charge is -2.20.